The third-order valence-corrected chi connectivity index (χ3v) is 10.6. The van der Waals surface area contributed by atoms with Crippen LogP contribution in [0.15, 0.2) is 30.3 Å². The quantitative estimate of drug-likeness (QED) is 0.467. The van der Waals surface area contributed by atoms with Crippen molar-refractivity contribution in [1.82, 2.24) is 4.90 Å². The fourth-order valence-electron chi connectivity index (χ4n) is 8.31. The van der Waals surface area contributed by atoms with Gasteiger partial charge in [0.2, 0.25) is 0 Å². The van der Waals surface area contributed by atoms with E-state index in [9.17, 15) is 19.2 Å². The summed E-state index contributed by atoms with van der Waals surface area (Å²) in [5, 5.41) is 0. The summed E-state index contributed by atoms with van der Waals surface area (Å²) >= 11 is 0. The number of ketones is 2. The van der Waals surface area contributed by atoms with Crippen molar-refractivity contribution in [2.45, 2.75) is 84.3 Å². The molecule has 4 aliphatic carbocycles. The molecule has 1 amide bonds. The van der Waals surface area contributed by atoms with Crippen LogP contribution < -0.4 is 0 Å². The largest absolute Gasteiger partial charge is 0.462 e. The first kappa shape index (κ1) is 26.9. The molecule has 1 aromatic rings. The Morgan fingerprint density at radius 1 is 1.03 bits per heavy atom. The van der Waals surface area contributed by atoms with E-state index in [1.807, 2.05) is 30.3 Å². The van der Waals surface area contributed by atoms with Crippen LogP contribution in [0.4, 0.5) is 4.79 Å². The lowest BCUT2D eigenvalue weighted by Gasteiger charge is -2.59. The van der Waals surface area contributed by atoms with Gasteiger partial charge < -0.3 is 14.4 Å². The van der Waals surface area contributed by atoms with Crippen LogP contribution in [-0.4, -0.2) is 48.2 Å². The minimum atomic E-state index is -0.481. The molecule has 7 atom stereocenters. The van der Waals surface area contributed by atoms with Crippen molar-refractivity contribution in [2.24, 2.45) is 34.5 Å². The van der Waals surface area contributed by atoms with Crippen LogP contribution in [0.1, 0.15) is 77.2 Å². The molecule has 0 heterocycles. The number of hydrogen-bond acceptors (Lipinski definition) is 6. The summed E-state index contributed by atoms with van der Waals surface area (Å²) in [7, 11) is 1.61. The number of rotatable bonds is 6. The summed E-state index contributed by atoms with van der Waals surface area (Å²) in [5.41, 5.74) is 0.581. The number of carbonyl (C=O) groups excluding carboxylic acids is 4. The molecular weight excluding hydrogens is 482 g/mol. The van der Waals surface area contributed by atoms with Crippen molar-refractivity contribution in [3.05, 3.63) is 35.9 Å². The molecule has 206 valence electrons. The molecule has 7 nitrogen and oxygen atoms in total. The molecule has 4 aliphatic rings. The highest BCUT2D eigenvalue weighted by Crippen LogP contribution is 2.64. The van der Waals surface area contributed by atoms with Gasteiger partial charge in [0.05, 0.1) is 6.42 Å². The number of esters is 1. The number of ether oxygens (including phenoxy) is 2. The second-order valence-electron chi connectivity index (χ2n) is 12.6. The summed E-state index contributed by atoms with van der Waals surface area (Å²) in [6, 6.07) is 9.45. The van der Waals surface area contributed by atoms with E-state index in [-0.39, 0.29) is 48.4 Å². The average molecular weight is 524 g/mol. The molecule has 0 spiro atoms. The highest BCUT2D eigenvalue weighted by atomic mass is 16.6. The van der Waals surface area contributed by atoms with Gasteiger partial charge in [-0.25, -0.2) is 4.79 Å². The molecule has 38 heavy (non-hydrogen) atoms. The van der Waals surface area contributed by atoms with Crippen molar-refractivity contribution < 1.29 is 28.7 Å². The standard InChI is InChI=1S/C31H41NO6/c1-30-14-11-21(38-28(35)13-16-32(3)29(36)37-19-20-7-5-4-6-8-20)17-25(30)26(33)18-22-23-9-10-27(34)31(23,2)15-12-24(22)30/h4-8,21-25H,9-19H2,1-3H3/t21-,22-,23-,24-,25?,30+,31-/m0/s1. The molecule has 1 aromatic carbocycles. The highest BCUT2D eigenvalue weighted by molar-refractivity contribution is 5.88. The Hall–Kier alpha value is -2.70. The second kappa shape index (κ2) is 10.5. The van der Waals surface area contributed by atoms with E-state index >= 15 is 0 Å². The lowest BCUT2D eigenvalue weighted by Crippen LogP contribution is -2.57. The maximum atomic E-state index is 13.5. The van der Waals surface area contributed by atoms with E-state index in [4.69, 9.17) is 9.47 Å². The average Bonchev–Trinajstić information content (AvgIpc) is 3.21. The number of carbonyl (C=O) groups is 4. The molecule has 0 aromatic heterocycles. The van der Waals surface area contributed by atoms with E-state index in [0.717, 1.165) is 37.7 Å². The predicted octanol–water partition coefficient (Wildman–Crippen LogP) is 5.35. The van der Waals surface area contributed by atoms with Gasteiger partial charge in [0, 0.05) is 37.8 Å². The third kappa shape index (κ3) is 4.89. The fourth-order valence-corrected chi connectivity index (χ4v) is 8.31. The van der Waals surface area contributed by atoms with Crippen molar-refractivity contribution in [3.63, 3.8) is 0 Å². The molecule has 0 bridgehead atoms. The van der Waals surface area contributed by atoms with E-state index < -0.39 is 6.09 Å². The van der Waals surface area contributed by atoms with E-state index in [0.29, 0.717) is 48.6 Å². The SMILES string of the molecule is CN(CCC(=O)O[C@H]1CC[C@@]2(C)C(C1)C(=O)C[C@@H]1[C@@H]2CC[C@]2(C)C(=O)CC[C@@H]12)C(=O)OCc1ccccc1. The zero-order valence-corrected chi connectivity index (χ0v) is 22.9. The van der Waals surface area contributed by atoms with Gasteiger partial charge in [-0.05, 0) is 67.3 Å². The molecule has 7 heteroatoms. The molecular formula is C31H41NO6. The Morgan fingerprint density at radius 2 is 1.79 bits per heavy atom. The Morgan fingerprint density at radius 3 is 2.55 bits per heavy atom. The minimum Gasteiger partial charge on any atom is -0.462 e. The Bertz CT molecular complexity index is 1090. The zero-order valence-electron chi connectivity index (χ0n) is 22.9. The van der Waals surface area contributed by atoms with Gasteiger partial charge in [-0.1, -0.05) is 44.2 Å². The van der Waals surface area contributed by atoms with Crippen LogP contribution in [0.25, 0.3) is 0 Å². The first-order valence-electron chi connectivity index (χ1n) is 14.3. The second-order valence-corrected chi connectivity index (χ2v) is 12.6. The fraction of sp³-hybridized carbons (Fsp3) is 0.677. The van der Waals surface area contributed by atoms with Crippen LogP contribution in [-0.2, 0) is 30.5 Å². The van der Waals surface area contributed by atoms with E-state index in [1.165, 1.54) is 4.90 Å². The number of hydrogen-bond donors (Lipinski definition) is 0. The number of fused-ring (bicyclic) bond motifs is 5. The summed E-state index contributed by atoms with van der Waals surface area (Å²) in [6.07, 6.45) is 5.65. The van der Waals surface area contributed by atoms with Gasteiger partial charge in [-0.15, -0.1) is 0 Å². The third-order valence-electron chi connectivity index (χ3n) is 10.6. The summed E-state index contributed by atoms with van der Waals surface area (Å²) in [6.45, 7) is 4.81. The first-order valence-corrected chi connectivity index (χ1v) is 14.3. The molecule has 0 N–H and O–H groups in total. The molecule has 0 aliphatic heterocycles. The molecule has 5 rings (SSSR count). The number of Topliss-reactive ketones (excluding diaryl/α,β-unsaturated/α-hetero) is 2. The number of benzene rings is 1. The summed E-state index contributed by atoms with van der Waals surface area (Å²) in [4.78, 5) is 52.4. The van der Waals surface area contributed by atoms with Crippen LogP contribution >= 0.6 is 0 Å². The number of amides is 1. The topological polar surface area (TPSA) is 90.0 Å². The van der Waals surface area contributed by atoms with Crippen LogP contribution in [0.5, 0.6) is 0 Å². The Labute approximate surface area is 225 Å². The number of nitrogens with zero attached hydrogens (tertiary/aromatic N) is 1. The maximum absolute atomic E-state index is 13.5. The van der Waals surface area contributed by atoms with E-state index in [2.05, 4.69) is 13.8 Å². The van der Waals surface area contributed by atoms with Gasteiger partial charge >= 0.3 is 12.1 Å². The lowest BCUT2D eigenvalue weighted by atomic mass is 9.45. The van der Waals surface area contributed by atoms with Gasteiger partial charge in [-0.2, -0.15) is 0 Å². The molecule has 4 saturated carbocycles. The minimum absolute atomic E-state index is 0.0847. The predicted molar refractivity (Wildman–Crippen MR) is 141 cm³/mol. The van der Waals surface area contributed by atoms with Gasteiger partial charge in [0.1, 0.15) is 24.3 Å². The summed E-state index contributed by atoms with van der Waals surface area (Å²) < 4.78 is 11.1. The molecule has 1 unspecified atom stereocenters. The van der Waals surface area contributed by atoms with Gasteiger partial charge in [-0.3, -0.25) is 14.4 Å². The molecule has 4 fully saturated rings. The van der Waals surface area contributed by atoms with Crippen molar-refractivity contribution in [1.29, 1.82) is 0 Å². The Balaban J connectivity index is 1.12. The highest BCUT2D eigenvalue weighted by Gasteiger charge is 2.62. The van der Waals surface area contributed by atoms with Crippen molar-refractivity contribution in [2.75, 3.05) is 13.6 Å². The van der Waals surface area contributed by atoms with Gasteiger partial charge in [0.25, 0.3) is 0 Å². The first-order chi connectivity index (χ1) is 18.1. The van der Waals surface area contributed by atoms with Crippen LogP contribution in [0, 0.1) is 34.5 Å². The monoisotopic (exact) mass is 523 g/mol. The lowest BCUT2D eigenvalue weighted by molar-refractivity contribution is -0.170. The van der Waals surface area contributed by atoms with Crippen LogP contribution in [0.2, 0.25) is 0 Å². The maximum Gasteiger partial charge on any atom is 0.409 e. The normalized spacial score (nSPS) is 36.0. The molecule has 0 radical (unpaired) electrons. The molecule has 0 saturated heterocycles. The van der Waals surface area contributed by atoms with Crippen LogP contribution in [0.3, 0.4) is 0 Å². The zero-order chi connectivity index (χ0) is 27.1. The Kier molecular flexibility index (Phi) is 7.40. The van der Waals surface area contributed by atoms with Crippen molar-refractivity contribution in [3.8, 4) is 0 Å². The van der Waals surface area contributed by atoms with Crippen molar-refractivity contribution >= 4 is 23.6 Å². The van der Waals surface area contributed by atoms with Gasteiger partial charge in [0.15, 0.2) is 0 Å². The van der Waals surface area contributed by atoms with E-state index in [1.54, 1.807) is 7.05 Å². The summed E-state index contributed by atoms with van der Waals surface area (Å²) in [5.74, 6) is 1.35. The smallest absolute Gasteiger partial charge is 0.409 e.